The summed E-state index contributed by atoms with van der Waals surface area (Å²) in [6, 6.07) is 0. The number of rotatable bonds is 11. The van der Waals surface area contributed by atoms with Gasteiger partial charge in [-0.1, -0.05) is 77.4 Å². The minimum Gasteiger partial charge on any atom is -0.0885 e. The van der Waals surface area contributed by atoms with E-state index in [9.17, 15) is 0 Å². The first-order valence-corrected chi connectivity index (χ1v) is 6.86. The lowest BCUT2D eigenvalue weighted by Gasteiger charge is -1.98. The minimum absolute atomic E-state index is 1.11. The van der Waals surface area contributed by atoms with Gasteiger partial charge in [0.05, 0.1) is 0 Å². The molecule has 0 aromatic rings. The zero-order valence-corrected chi connectivity index (χ0v) is 10.6. The van der Waals surface area contributed by atoms with Crippen LogP contribution in [0.25, 0.3) is 0 Å². The van der Waals surface area contributed by atoms with E-state index < -0.39 is 0 Å². The van der Waals surface area contributed by atoms with E-state index in [0.29, 0.717) is 0 Å². The molecule has 0 aromatic carbocycles. The molecular formula is C15H29. The number of hydrogen-bond acceptors (Lipinski definition) is 0. The monoisotopic (exact) mass is 209 g/mol. The second kappa shape index (κ2) is 13.7. The van der Waals surface area contributed by atoms with E-state index in [-0.39, 0.29) is 0 Å². The van der Waals surface area contributed by atoms with Crippen molar-refractivity contribution in [1.29, 1.82) is 0 Å². The highest BCUT2D eigenvalue weighted by atomic mass is 14.0. The maximum absolute atomic E-state index is 3.86. The third-order valence-electron chi connectivity index (χ3n) is 2.76. The van der Waals surface area contributed by atoms with Crippen LogP contribution in [-0.2, 0) is 0 Å². The average molecular weight is 209 g/mol. The molecule has 0 heterocycles. The van der Waals surface area contributed by atoms with Crippen molar-refractivity contribution in [3.8, 4) is 0 Å². The van der Waals surface area contributed by atoms with Gasteiger partial charge in [-0.2, -0.15) is 0 Å². The summed E-state index contributed by atoms with van der Waals surface area (Å²) in [6.07, 6.45) is 19.4. The Hall–Kier alpha value is -0.260. The molecule has 0 nitrogen and oxygen atoms in total. The Kier molecular flexibility index (Phi) is 13.5. The molecule has 0 aliphatic carbocycles. The molecule has 0 saturated heterocycles. The van der Waals surface area contributed by atoms with Crippen LogP contribution in [0.1, 0.15) is 77.6 Å². The van der Waals surface area contributed by atoms with E-state index in [0.717, 1.165) is 6.42 Å². The molecule has 0 aliphatic rings. The molecule has 0 bridgehead atoms. The number of allylic oxidation sites excluding steroid dienone is 2. The molecule has 0 unspecified atom stereocenters. The van der Waals surface area contributed by atoms with Crippen LogP contribution in [0, 0.1) is 6.92 Å². The van der Waals surface area contributed by atoms with Gasteiger partial charge in [-0.15, -0.1) is 0 Å². The normalized spacial score (nSPS) is 11.3. The summed E-state index contributed by atoms with van der Waals surface area (Å²) in [5.41, 5.74) is 0. The fraction of sp³-hybridized carbons (Fsp3) is 0.800. The first-order valence-electron chi connectivity index (χ1n) is 6.86. The van der Waals surface area contributed by atoms with Crippen molar-refractivity contribution in [2.75, 3.05) is 0 Å². The van der Waals surface area contributed by atoms with Gasteiger partial charge in [0.25, 0.3) is 0 Å². The molecule has 0 aliphatic heterocycles. The zero-order chi connectivity index (χ0) is 11.2. The highest BCUT2D eigenvalue weighted by molar-refractivity contribution is 4.81. The van der Waals surface area contributed by atoms with Gasteiger partial charge in [0, 0.05) is 0 Å². The van der Waals surface area contributed by atoms with E-state index in [4.69, 9.17) is 0 Å². The summed E-state index contributed by atoms with van der Waals surface area (Å²) in [6.45, 7) is 6.11. The van der Waals surface area contributed by atoms with Crippen LogP contribution >= 0.6 is 0 Å². The van der Waals surface area contributed by atoms with Crippen LogP contribution in [-0.4, -0.2) is 0 Å². The van der Waals surface area contributed by atoms with Crippen molar-refractivity contribution in [3.05, 3.63) is 19.1 Å². The van der Waals surface area contributed by atoms with E-state index in [1.54, 1.807) is 0 Å². The van der Waals surface area contributed by atoms with Gasteiger partial charge in [-0.3, -0.25) is 0 Å². The van der Waals surface area contributed by atoms with Gasteiger partial charge in [-0.05, 0) is 19.3 Å². The maximum atomic E-state index is 3.86. The molecule has 0 rings (SSSR count). The van der Waals surface area contributed by atoms with Crippen LogP contribution < -0.4 is 0 Å². The molecule has 0 spiro atoms. The molecule has 0 heteroatoms. The van der Waals surface area contributed by atoms with Gasteiger partial charge >= 0.3 is 0 Å². The first kappa shape index (κ1) is 14.7. The van der Waals surface area contributed by atoms with Crippen LogP contribution in [0.2, 0.25) is 0 Å². The summed E-state index contributed by atoms with van der Waals surface area (Å²) in [4.78, 5) is 0. The quantitative estimate of drug-likeness (QED) is 0.303. The molecule has 0 amide bonds. The van der Waals surface area contributed by atoms with E-state index >= 15 is 0 Å². The third kappa shape index (κ3) is 13.7. The van der Waals surface area contributed by atoms with Crippen LogP contribution in [0.5, 0.6) is 0 Å². The molecule has 1 radical (unpaired) electrons. The molecule has 0 aromatic heterocycles. The summed E-state index contributed by atoms with van der Waals surface area (Å²) in [7, 11) is 0. The molecule has 0 fully saturated rings. The second-order valence-electron chi connectivity index (χ2n) is 4.38. The second-order valence-corrected chi connectivity index (χ2v) is 4.38. The number of hydrogen-bond donors (Lipinski definition) is 0. The topological polar surface area (TPSA) is 0 Å². The maximum Gasteiger partial charge on any atom is -0.0351 e. The fourth-order valence-corrected chi connectivity index (χ4v) is 1.70. The van der Waals surface area contributed by atoms with E-state index in [2.05, 4.69) is 26.0 Å². The zero-order valence-electron chi connectivity index (χ0n) is 10.6. The van der Waals surface area contributed by atoms with Crippen molar-refractivity contribution in [3.63, 3.8) is 0 Å². The third-order valence-corrected chi connectivity index (χ3v) is 2.76. The minimum atomic E-state index is 1.11. The van der Waals surface area contributed by atoms with E-state index in [1.807, 2.05) is 0 Å². The lowest BCUT2D eigenvalue weighted by Crippen LogP contribution is -1.79. The van der Waals surface area contributed by atoms with Crippen molar-refractivity contribution in [2.45, 2.75) is 77.6 Å². The lowest BCUT2D eigenvalue weighted by atomic mass is 10.1. The molecular weight excluding hydrogens is 180 g/mol. The molecule has 0 saturated carbocycles. The number of unbranched alkanes of at least 4 members (excludes halogenated alkanes) is 9. The standard InChI is InChI=1S/C15H29/c1-3-5-7-9-11-13-15-14-12-10-8-6-4-2/h10,12H,1,3-9,11,13-15H2,2H3/b12-10+. The van der Waals surface area contributed by atoms with Crippen LogP contribution in [0.15, 0.2) is 12.2 Å². The Labute approximate surface area is 97.2 Å². The predicted octanol–water partition coefficient (Wildman–Crippen LogP) is 5.69. The summed E-state index contributed by atoms with van der Waals surface area (Å²) >= 11 is 0. The molecule has 0 atom stereocenters. The first-order chi connectivity index (χ1) is 7.41. The largest absolute Gasteiger partial charge is 0.0885 e. The molecule has 15 heavy (non-hydrogen) atoms. The van der Waals surface area contributed by atoms with Gasteiger partial charge < -0.3 is 0 Å². The average Bonchev–Trinajstić information content (AvgIpc) is 2.26. The van der Waals surface area contributed by atoms with Crippen LogP contribution in [0.4, 0.5) is 0 Å². The Bertz CT molecular complexity index is 124. The molecule has 89 valence electrons. The Morgan fingerprint density at radius 1 is 0.733 bits per heavy atom. The van der Waals surface area contributed by atoms with E-state index in [1.165, 1.54) is 64.2 Å². The summed E-state index contributed by atoms with van der Waals surface area (Å²) in [5, 5.41) is 0. The van der Waals surface area contributed by atoms with Gasteiger partial charge in [0.2, 0.25) is 0 Å². The predicted molar refractivity (Wildman–Crippen MR) is 71.0 cm³/mol. The lowest BCUT2D eigenvalue weighted by molar-refractivity contribution is 0.599. The van der Waals surface area contributed by atoms with Crippen LogP contribution in [0.3, 0.4) is 0 Å². The summed E-state index contributed by atoms with van der Waals surface area (Å²) in [5.74, 6) is 0. The summed E-state index contributed by atoms with van der Waals surface area (Å²) < 4.78 is 0. The van der Waals surface area contributed by atoms with Crippen molar-refractivity contribution in [2.24, 2.45) is 0 Å². The van der Waals surface area contributed by atoms with Crippen molar-refractivity contribution < 1.29 is 0 Å². The SMILES string of the molecule is [CH2]CCCCCCCC/C=C/CCCC. The van der Waals surface area contributed by atoms with Crippen molar-refractivity contribution >= 4 is 0 Å². The fourth-order valence-electron chi connectivity index (χ4n) is 1.70. The van der Waals surface area contributed by atoms with Gasteiger partial charge in [0.1, 0.15) is 0 Å². The Morgan fingerprint density at radius 2 is 1.27 bits per heavy atom. The smallest absolute Gasteiger partial charge is 0.0351 e. The highest BCUT2D eigenvalue weighted by Crippen LogP contribution is 2.08. The van der Waals surface area contributed by atoms with Gasteiger partial charge in [-0.25, -0.2) is 0 Å². The molecule has 0 N–H and O–H groups in total. The van der Waals surface area contributed by atoms with Crippen molar-refractivity contribution in [1.82, 2.24) is 0 Å². The highest BCUT2D eigenvalue weighted by Gasteiger charge is 1.89. The Morgan fingerprint density at radius 3 is 1.87 bits per heavy atom. The van der Waals surface area contributed by atoms with Gasteiger partial charge in [0.15, 0.2) is 0 Å². The Balaban J connectivity index is 2.95.